The summed E-state index contributed by atoms with van der Waals surface area (Å²) in [5.74, 6) is -0.242. The van der Waals surface area contributed by atoms with Crippen LogP contribution in [0.2, 0.25) is 0 Å². The molecule has 0 radical (unpaired) electrons. The van der Waals surface area contributed by atoms with Crippen molar-refractivity contribution in [3.63, 3.8) is 0 Å². The molecule has 4 nitrogen and oxygen atoms in total. The Balaban J connectivity index is 2.87. The van der Waals surface area contributed by atoms with Gasteiger partial charge in [-0.1, -0.05) is 19.1 Å². The molecule has 1 rings (SSSR count). The van der Waals surface area contributed by atoms with Gasteiger partial charge in [0.05, 0.1) is 7.11 Å². The van der Waals surface area contributed by atoms with E-state index in [2.05, 4.69) is 29.3 Å². The molecule has 1 aromatic rings. The fourth-order valence-electron chi connectivity index (χ4n) is 2.24. The van der Waals surface area contributed by atoms with E-state index >= 15 is 0 Å². The molecule has 106 valence electrons. The van der Waals surface area contributed by atoms with Crippen molar-refractivity contribution in [3.8, 4) is 0 Å². The number of anilines is 1. The van der Waals surface area contributed by atoms with Crippen LogP contribution in [0.25, 0.3) is 0 Å². The standard InChI is InChI=1S/C15H24N2O2/c1-6-16-15(3,14(18)19-5)11-17(4)13-9-7-8-12(2)10-13/h7-10,16H,6,11H2,1-5H3. The first-order valence-corrected chi connectivity index (χ1v) is 6.54. The average Bonchev–Trinajstić information content (AvgIpc) is 2.37. The molecule has 0 heterocycles. The van der Waals surface area contributed by atoms with Gasteiger partial charge in [-0.25, -0.2) is 4.79 Å². The maximum atomic E-state index is 11.9. The predicted molar refractivity (Wildman–Crippen MR) is 78.5 cm³/mol. The van der Waals surface area contributed by atoms with Crippen LogP contribution in [-0.4, -0.2) is 38.8 Å². The van der Waals surface area contributed by atoms with Crippen molar-refractivity contribution >= 4 is 11.7 Å². The molecule has 0 bridgehead atoms. The lowest BCUT2D eigenvalue weighted by Gasteiger charge is -2.33. The highest BCUT2D eigenvalue weighted by Gasteiger charge is 2.34. The van der Waals surface area contributed by atoms with E-state index in [0.29, 0.717) is 13.1 Å². The van der Waals surface area contributed by atoms with Gasteiger partial charge in [0.25, 0.3) is 0 Å². The predicted octanol–water partition coefficient (Wildman–Crippen LogP) is 1.97. The number of methoxy groups -OCH3 is 1. The molecule has 4 heteroatoms. The van der Waals surface area contributed by atoms with Gasteiger partial charge < -0.3 is 15.0 Å². The summed E-state index contributed by atoms with van der Waals surface area (Å²) in [7, 11) is 3.40. The van der Waals surface area contributed by atoms with Gasteiger partial charge in [0, 0.05) is 19.3 Å². The van der Waals surface area contributed by atoms with Crippen LogP contribution in [0.5, 0.6) is 0 Å². The van der Waals surface area contributed by atoms with E-state index in [9.17, 15) is 4.79 Å². The normalized spacial score (nSPS) is 13.7. The third-order valence-electron chi connectivity index (χ3n) is 3.20. The summed E-state index contributed by atoms with van der Waals surface area (Å²) in [5.41, 5.74) is 1.59. The zero-order valence-corrected chi connectivity index (χ0v) is 12.5. The van der Waals surface area contributed by atoms with Gasteiger partial charge in [0.15, 0.2) is 0 Å². The van der Waals surface area contributed by atoms with Crippen LogP contribution in [0.4, 0.5) is 5.69 Å². The van der Waals surface area contributed by atoms with E-state index in [1.54, 1.807) is 0 Å². The molecule has 19 heavy (non-hydrogen) atoms. The van der Waals surface area contributed by atoms with Gasteiger partial charge in [-0.15, -0.1) is 0 Å². The lowest BCUT2D eigenvalue weighted by Crippen LogP contribution is -2.57. The van der Waals surface area contributed by atoms with Crippen LogP contribution in [0.15, 0.2) is 24.3 Å². The van der Waals surface area contributed by atoms with Crippen LogP contribution in [0, 0.1) is 6.92 Å². The van der Waals surface area contributed by atoms with Crippen LogP contribution in [0.3, 0.4) is 0 Å². The summed E-state index contributed by atoms with van der Waals surface area (Å²) in [4.78, 5) is 14.0. The molecule has 0 saturated carbocycles. The fraction of sp³-hybridized carbons (Fsp3) is 0.533. The number of hydrogen-bond donors (Lipinski definition) is 1. The molecule has 0 spiro atoms. The Labute approximate surface area is 115 Å². The van der Waals surface area contributed by atoms with Crippen LogP contribution in [0.1, 0.15) is 19.4 Å². The van der Waals surface area contributed by atoms with Crippen molar-refractivity contribution in [3.05, 3.63) is 29.8 Å². The molecule has 0 aliphatic heterocycles. The second-order valence-electron chi connectivity index (χ2n) is 5.05. The molecule has 1 aromatic carbocycles. The van der Waals surface area contributed by atoms with Gasteiger partial charge in [0.1, 0.15) is 5.54 Å². The number of carbonyl (C=O) groups excluding carboxylic acids is 1. The minimum atomic E-state index is -0.706. The number of esters is 1. The minimum Gasteiger partial charge on any atom is -0.468 e. The number of rotatable bonds is 6. The van der Waals surface area contributed by atoms with Gasteiger partial charge in [-0.2, -0.15) is 0 Å². The van der Waals surface area contributed by atoms with Crippen molar-refractivity contribution < 1.29 is 9.53 Å². The number of ether oxygens (including phenoxy) is 1. The van der Waals surface area contributed by atoms with Gasteiger partial charge in [-0.05, 0) is 38.1 Å². The number of nitrogens with zero attached hydrogens (tertiary/aromatic N) is 1. The Morgan fingerprint density at radius 3 is 2.68 bits per heavy atom. The van der Waals surface area contributed by atoms with Crippen LogP contribution < -0.4 is 10.2 Å². The number of hydrogen-bond acceptors (Lipinski definition) is 4. The van der Waals surface area contributed by atoms with Crippen LogP contribution in [-0.2, 0) is 9.53 Å². The quantitative estimate of drug-likeness (QED) is 0.798. The molecule has 0 aromatic heterocycles. The maximum Gasteiger partial charge on any atom is 0.327 e. The second kappa shape index (κ2) is 6.57. The molecule has 0 aliphatic carbocycles. The smallest absolute Gasteiger partial charge is 0.327 e. The number of carbonyl (C=O) groups is 1. The summed E-state index contributed by atoms with van der Waals surface area (Å²) >= 11 is 0. The number of aryl methyl sites for hydroxylation is 1. The number of likely N-dealkylation sites (N-methyl/N-ethyl adjacent to an activating group) is 2. The zero-order valence-electron chi connectivity index (χ0n) is 12.5. The highest BCUT2D eigenvalue weighted by Crippen LogP contribution is 2.18. The van der Waals surface area contributed by atoms with Crippen molar-refractivity contribution in [2.24, 2.45) is 0 Å². The van der Waals surface area contributed by atoms with Gasteiger partial charge >= 0.3 is 5.97 Å². The van der Waals surface area contributed by atoms with Crippen molar-refractivity contribution in [2.75, 3.05) is 32.1 Å². The van der Waals surface area contributed by atoms with E-state index in [0.717, 1.165) is 5.69 Å². The third kappa shape index (κ3) is 3.96. The van der Waals surface area contributed by atoms with Crippen LogP contribution >= 0.6 is 0 Å². The third-order valence-corrected chi connectivity index (χ3v) is 3.20. The molecule has 0 aliphatic rings. The Kier molecular flexibility index (Phi) is 5.36. The molecule has 1 unspecified atom stereocenters. The molecule has 0 amide bonds. The van der Waals surface area contributed by atoms with E-state index in [1.165, 1.54) is 12.7 Å². The number of benzene rings is 1. The summed E-state index contributed by atoms with van der Waals surface area (Å²) in [5, 5.41) is 3.21. The summed E-state index contributed by atoms with van der Waals surface area (Å²) in [6.07, 6.45) is 0. The van der Waals surface area contributed by atoms with E-state index < -0.39 is 5.54 Å². The molecular weight excluding hydrogens is 240 g/mol. The lowest BCUT2D eigenvalue weighted by atomic mass is 10.0. The first-order valence-electron chi connectivity index (χ1n) is 6.54. The lowest BCUT2D eigenvalue weighted by molar-refractivity contribution is -0.147. The molecule has 0 saturated heterocycles. The molecule has 1 N–H and O–H groups in total. The Bertz CT molecular complexity index is 434. The highest BCUT2D eigenvalue weighted by atomic mass is 16.5. The van der Waals surface area contributed by atoms with Crippen molar-refractivity contribution in [1.82, 2.24) is 5.32 Å². The Hall–Kier alpha value is -1.55. The van der Waals surface area contributed by atoms with E-state index in [-0.39, 0.29) is 5.97 Å². The molecule has 1 atom stereocenters. The summed E-state index contributed by atoms with van der Waals surface area (Å²) in [6.45, 7) is 7.17. The van der Waals surface area contributed by atoms with Gasteiger partial charge in [0.2, 0.25) is 0 Å². The minimum absolute atomic E-state index is 0.242. The first-order chi connectivity index (χ1) is 8.92. The summed E-state index contributed by atoms with van der Waals surface area (Å²) < 4.78 is 4.90. The Morgan fingerprint density at radius 1 is 1.47 bits per heavy atom. The topological polar surface area (TPSA) is 41.6 Å². The van der Waals surface area contributed by atoms with Crippen molar-refractivity contribution in [2.45, 2.75) is 26.3 Å². The Morgan fingerprint density at radius 2 is 2.16 bits per heavy atom. The second-order valence-corrected chi connectivity index (χ2v) is 5.05. The fourth-order valence-corrected chi connectivity index (χ4v) is 2.24. The van der Waals surface area contributed by atoms with Crippen molar-refractivity contribution in [1.29, 1.82) is 0 Å². The average molecular weight is 264 g/mol. The summed E-state index contributed by atoms with van der Waals surface area (Å²) in [6, 6.07) is 8.21. The monoisotopic (exact) mass is 264 g/mol. The molecular formula is C15H24N2O2. The maximum absolute atomic E-state index is 11.9. The molecule has 0 fully saturated rings. The largest absolute Gasteiger partial charge is 0.468 e. The first kappa shape index (κ1) is 15.5. The highest BCUT2D eigenvalue weighted by molar-refractivity contribution is 5.81. The van der Waals surface area contributed by atoms with Gasteiger partial charge in [-0.3, -0.25) is 0 Å². The number of nitrogens with one attached hydrogen (secondary N) is 1. The SMILES string of the molecule is CCNC(C)(CN(C)c1cccc(C)c1)C(=O)OC. The van der Waals surface area contributed by atoms with E-state index in [4.69, 9.17) is 4.74 Å². The zero-order chi connectivity index (χ0) is 14.5. The van der Waals surface area contributed by atoms with E-state index in [1.807, 2.05) is 33.0 Å².